The Balaban J connectivity index is 0.000000216. The zero-order valence-corrected chi connectivity index (χ0v) is 22.5. The zero-order valence-electron chi connectivity index (χ0n) is 20.8. The molecule has 4 aliphatic rings. The van der Waals surface area contributed by atoms with Crippen molar-refractivity contribution in [3.63, 3.8) is 0 Å². The van der Waals surface area contributed by atoms with E-state index in [1.54, 1.807) is 6.92 Å². The molecule has 0 aliphatic carbocycles. The molecule has 39 heavy (non-hydrogen) atoms. The van der Waals surface area contributed by atoms with Crippen LogP contribution in [0.1, 0.15) is 32.6 Å². The van der Waals surface area contributed by atoms with E-state index in [2.05, 4.69) is 30.3 Å². The highest BCUT2D eigenvalue weighted by atomic mass is 32.3. The van der Waals surface area contributed by atoms with E-state index in [0.717, 1.165) is 0 Å². The first-order valence-electron chi connectivity index (χ1n) is 11.7. The van der Waals surface area contributed by atoms with E-state index >= 15 is 0 Å². The monoisotopic (exact) mass is 602 g/mol. The van der Waals surface area contributed by atoms with Crippen molar-refractivity contribution in [2.24, 2.45) is 0 Å². The number of piperidine rings is 2. The second-order valence-electron chi connectivity index (χ2n) is 8.78. The van der Waals surface area contributed by atoms with Crippen molar-refractivity contribution in [2.75, 3.05) is 26.7 Å². The number of nitrogens with one attached hydrogen (secondary N) is 4. The van der Waals surface area contributed by atoms with E-state index in [9.17, 15) is 36.0 Å². The van der Waals surface area contributed by atoms with Crippen LogP contribution >= 0.6 is 0 Å². The lowest BCUT2D eigenvalue weighted by atomic mass is 10.0. The number of hydrogen-bond donors (Lipinski definition) is 6. The van der Waals surface area contributed by atoms with Crippen LogP contribution in [-0.2, 0) is 39.0 Å². The molecule has 4 fully saturated rings. The van der Waals surface area contributed by atoms with E-state index in [-0.39, 0.29) is 24.9 Å². The highest BCUT2D eigenvalue weighted by molar-refractivity contribution is 7.81. The molecule has 4 atom stereocenters. The normalized spacial score (nSPS) is 26.4. The fourth-order valence-corrected chi connectivity index (χ4v) is 5.45. The van der Waals surface area contributed by atoms with Crippen molar-refractivity contribution in [2.45, 2.75) is 56.8 Å². The van der Waals surface area contributed by atoms with Crippen LogP contribution in [0.15, 0.2) is 0 Å². The van der Waals surface area contributed by atoms with Gasteiger partial charge in [-0.05, 0) is 25.7 Å². The average molecular weight is 603 g/mol. The van der Waals surface area contributed by atoms with Gasteiger partial charge in [-0.1, -0.05) is 6.92 Å². The third kappa shape index (κ3) is 7.42. The van der Waals surface area contributed by atoms with Gasteiger partial charge in [0.2, 0.25) is 0 Å². The molecule has 0 aromatic heterocycles. The van der Waals surface area contributed by atoms with Crippen molar-refractivity contribution >= 4 is 44.7 Å². The van der Waals surface area contributed by atoms with Gasteiger partial charge >= 0.3 is 32.9 Å². The zero-order chi connectivity index (χ0) is 29.1. The van der Waals surface area contributed by atoms with Crippen molar-refractivity contribution in [3.8, 4) is 0 Å². The molecular weight excluding hydrogens is 572 g/mol. The molecule has 6 amide bonds. The van der Waals surface area contributed by atoms with E-state index < -0.39 is 57.0 Å². The minimum Gasteiger partial charge on any atom is -0.309 e. The number of carbonyl (C=O) groups is 4. The molecule has 4 aliphatic heterocycles. The third-order valence-electron chi connectivity index (χ3n) is 6.24. The summed E-state index contributed by atoms with van der Waals surface area (Å²) in [6.07, 6.45) is 1.58. The van der Waals surface area contributed by atoms with Crippen LogP contribution in [0.2, 0.25) is 0 Å². The third-order valence-corrected chi connectivity index (χ3v) is 6.93. The first kappa shape index (κ1) is 30.7. The minimum absolute atomic E-state index is 0.177. The molecule has 4 heterocycles. The van der Waals surface area contributed by atoms with Gasteiger partial charge in [0, 0.05) is 26.7 Å². The summed E-state index contributed by atoms with van der Waals surface area (Å²) in [7, 11) is -8.01. The molecule has 4 saturated heterocycles. The number of fused-ring (bicyclic) bond motifs is 4. The van der Waals surface area contributed by atoms with Crippen molar-refractivity contribution < 1.29 is 53.7 Å². The SMILES string of the molecule is CCNNC(=O)[C@@H]1CC[C@@H]2CN1C(=O)N2OS(=O)(=O)O.CNNC(=O)[C@@H]1CC[C@@H]2CN1C(=O)N2OS(=O)(=O)O. The van der Waals surface area contributed by atoms with Gasteiger partial charge in [0.1, 0.15) is 12.1 Å². The second-order valence-corrected chi connectivity index (χ2v) is 10.8. The molecular formula is C17H30N8O12S2. The average Bonchev–Trinajstić information content (AvgIpc) is 3.21. The van der Waals surface area contributed by atoms with Crippen LogP contribution in [0.25, 0.3) is 0 Å². The number of hydroxylamine groups is 4. The van der Waals surface area contributed by atoms with Crippen LogP contribution in [0.4, 0.5) is 9.59 Å². The van der Waals surface area contributed by atoms with Crippen LogP contribution in [0, 0.1) is 0 Å². The summed E-state index contributed by atoms with van der Waals surface area (Å²) in [5.74, 6) is -0.754. The number of urea groups is 2. The Morgan fingerprint density at radius 1 is 0.821 bits per heavy atom. The Bertz CT molecular complexity index is 1180. The van der Waals surface area contributed by atoms with E-state index in [1.165, 1.54) is 16.8 Å². The Morgan fingerprint density at radius 3 is 1.59 bits per heavy atom. The van der Waals surface area contributed by atoms with Gasteiger partial charge in [0.15, 0.2) is 0 Å². The van der Waals surface area contributed by atoms with Gasteiger partial charge in [-0.2, -0.15) is 27.0 Å². The van der Waals surface area contributed by atoms with Gasteiger partial charge in [0.05, 0.1) is 12.1 Å². The Kier molecular flexibility index (Phi) is 9.53. The minimum atomic E-state index is -4.77. The highest BCUT2D eigenvalue weighted by Gasteiger charge is 2.50. The number of hydrazine groups is 2. The first-order chi connectivity index (χ1) is 18.2. The Hall–Kier alpha value is -2.86. The molecule has 4 bridgehead atoms. The number of amides is 6. The predicted molar refractivity (Wildman–Crippen MR) is 126 cm³/mol. The molecule has 20 nitrogen and oxygen atoms in total. The van der Waals surface area contributed by atoms with Crippen molar-refractivity contribution in [3.05, 3.63) is 0 Å². The molecule has 0 spiro atoms. The maximum absolute atomic E-state index is 12.0. The highest BCUT2D eigenvalue weighted by Crippen LogP contribution is 2.31. The molecule has 222 valence electrons. The lowest BCUT2D eigenvalue weighted by Crippen LogP contribution is -2.53. The van der Waals surface area contributed by atoms with E-state index in [0.29, 0.717) is 42.4 Å². The fraction of sp³-hybridized carbons (Fsp3) is 0.765. The van der Waals surface area contributed by atoms with Crippen LogP contribution in [0.3, 0.4) is 0 Å². The lowest BCUT2D eigenvalue weighted by molar-refractivity contribution is -0.127. The topological polar surface area (TPSA) is 257 Å². The van der Waals surface area contributed by atoms with Gasteiger partial charge in [-0.3, -0.25) is 29.5 Å². The Morgan fingerprint density at radius 2 is 1.23 bits per heavy atom. The maximum atomic E-state index is 12.0. The molecule has 22 heteroatoms. The van der Waals surface area contributed by atoms with E-state index in [1.807, 2.05) is 0 Å². The van der Waals surface area contributed by atoms with E-state index in [4.69, 9.17) is 9.11 Å². The molecule has 0 aromatic rings. The summed E-state index contributed by atoms with van der Waals surface area (Å²) in [5.41, 5.74) is 9.95. The number of carbonyl (C=O) groups excluding carboxylic acids is 4. The largest absolute Gasteiger partial charge is 0.418 e. The van der Waals surface area contributed by atoms with Gasteiger partial charge in [-0.15, -0.1) is 8.57 Å². The second kappa shape index (κ2) is 12.1. The molecule has 0 aromatic carbocycles. The predicted octanol–water partition coefficient (Wildman–Crippen LogP) is -3.13. The summed E-state index contributed by atoms with van der Waals surface area (Å²) in [5, 5.41) is 1.21. The van der Waals surface area contributed by atoms with Gasteiger partial charge in [-0.25, -0.2) is 20.4 Å². The first-order valence-corrected chi connectivity index (χ1v) is 14.4. The number of hydrogen-bond acceptors (Lipinski definition) is 12. The lowest BCUT2D eigenvalue weighted by Gasteiger charge is -2.29. The quantitative estimate of drug-likeness (QED) is 0.113. The fourth-order valence-electron chi connectivity index (χ4n) is 4.67. The maximum Gasteiger partial charge on any atom is 0.418 e. The summed E-state index contributed by atoms with van der Waals surface area (Å²) < 4.78 is 68.5. The van der Waals surface area contributed by atoms with Crippen LogP contribution in [0.5, 0.6) is 0 Å². The summed E-state index contributed by atoms with van der Waals surface area (Å²) in [4.78, 5) is 50.0. The standard InChI is InChI=1S/C9H16N4O6S.C8H14N4O6S/c1-2-10-11-8(14)7-4-3-6-5-12(7)9(15)13(6)19-20(16,17)18;1-9-10-7(13)6-3-2-5-4-11(6)8(14)12(5)18-19(15,16)17/h6-7,10H,2-5H2,1H3,(H,11,14)(H,16,17,18);5-6,9H,2-4H2,1H3,(H,10,13)(H,15,16,17)/t6-,7+;5-,6+/m11/s1. The van der Waals surface area contributed by atoms with Gasteiger partial charge < -0.3 is 9.80 Å². The molecule has 4 rings (SSSR count). The molecule has 0 unspecified atom stereocenters. The summed E-state index contributed by atoms with van der Waals surface area (Å²) >= 11 is 0. The Labute approximate surface area is 223 Å². The van der Waals surface area contributed by atoms with Crippen LogP contribution in [-0.4, -0.2) is 121 Å². The summed E-state index contributed by atoms with van der Waals surface area (Å²) in [6.45, 7) is 2.70. The van der Waals surface area contributed by atoms with Crippen molar-refractivity contribution in [1.82, 2.24) is 41.6 Å². The number of rotatable bonds is 9. The smallest absolute Gasteiger partial charge is 0.309 e. The molecule has 0 saturated carbocycles. The molecule has 6 N–H and O–H groups in total. The molecule has 0 radical (unpaired) electrons. The van der Waals surface area contributed by atoms with Gasteiger partial charge in [0.25, 0.3) is 11.8 Å². The summed E-state index contributed by atoms with van der Waals surface area (Å²) in [6, 6.07) is -3.86. The van der Waals surface area contributed by atoms with Crippen molar-refractivity contribution in [1.29, 1.82) is 0 Å². The van der Waals surface area contributed by atoms with Crippen LogP contribution < -0.4 is 21.7 Å². The number of nitrogens with zero attached hydrogens (tertiary/aromatic N) is 4.